The summed E-state index contributed by atoms with van der Waals surface area (Å²) in [5.41, 5.74) is 6.11. The molecule has 146 valence electrons. The highest BCUT2D eigenvalue weighted by Gasteiger charge is 2.19. The van der Waals surface area contributed by atoms with E-state index in [4.69, 9.17) is 9.84 Å². The van der Waals surface area contributed by atoms with Crippen molar-refractivity contribution in [2.24, 2.45) is 0 Å². The van der Waals surface area contributed by atoms with Crippen molar-refractivity contribution < 1.29 is 9.84 Å². The summed E-state index contributed by atoms with van der Waals surface area (Å²) in [6.07, 6.45) is 2.59. The van der Waals surface area contributed by atoms with Crippen molar-refractivity contribution in [1.29, 1.82) is 0 Å². The number of hydrogen-bond donors (Lipinski definition) is 1. The Labute approximate surface area is 165 Å². The number of aliphatic hydroxyl groups is 1. The lowest BCUT2D eigenvalue weighted by Gasteiger charge is -2.28. The first-order valence-corrected chi connectivity index (χ1v) is 9.61. The zero-order valence-electron chi connectivity index (χ0n) is 16.6. The standard InChI is InChI=1S/C22H26N4O2/c1-15-11-16(2)26-22(23-15)13-20(24-26)17-7-9-25(10-8-17)14-21(27)18-5-4-6-19(12-18)28-3/h4-7,11-13,21,27H,8-10,14H2,1-3H3/t21-/m0/s1. The maximum absolute atomic E-state index is 10.6. The van der Waals surface area contributed by atoms with E-state index in [0.717, 1.165) is 53.6 Å². The molecule has 1 atom stereocenters. The molecule has 0 amide bonds. The van der Waals surface area contributed by atoms with Crippen LogP contribution in [0.4, 0.5) is 0 Å². The third-order valence-electron chi connectivity index (χ3n) is 5.27. The number of nitrogens with zero attached hydrogens (tertiary/aromatic N) is 4. The average Bonchev–Trinajstić information content (AvgIpc) is 3.13. The molecule has 2 aromatic heterocycles. The number of aliphatic hydroxyl groups excluding tert-OH is 1. The summed E-state index contributed by atoms with van der Waals surface area (Å²) in [7, 11) is 1.64. The number of hydrogen-bond acceptors (Lipinski definition) is 5. The van der Waals surface area contributed by atoms with Crippen molar-refractivity contribution in [1.82, 2.24) is 19.5 Å². The summed E-state index contributed by atoms with van der Waals surface area (Å²) in [5.74, 6) is 0.767. The molecular weight excluding hydrogens is 352 g/mol. The maximum Gasteiger partial charge on any atom is 0.156 e. The second-order valence-electron chi connectivity index (χ2n) is 7.37. The van der Waals surface area contributed by atoms with Crippen LogP contribution in [-0.4, -0.2) is 51.3 Å². The first-order chi connectivity index (χ1) is 13.5. The number of rotatable bonds is 5. The fourth-order valence-electron chi connectivity index (χ4n) is 3.75. The average molecular weight is 378 g/mol. The van der Waals surface area contributed by atoms with Gasteiger partial charge >= 0.3 is 0 Å². The quantitative estimate of drug-likeness (QED) is 0.739. The van der Waals surface area contributed by atoms with E-state index in [1.807, 2.05) is 41.8 Å². The van der Waals surface area contributed by atoms with Gasteiger partial charge in [-0.15, -0.1) is 0 Å². The van der Waals surface area contributed by atoms with Crippen LogP contribution < -0.4 is 4.74 Å². The molecule has 3 heterocycles. The second kappa shape index (κ2) is 7.73. The van der Waals surface area contributed by atoms with Crippen molar-refractivity contribution in [2.45, 2.75) is 26.4 Å². The molecule has 0 unspecified atom stereocenters. The molecule has 0 aliphatic carbocycles. The highest BCUT2D eigenvalue weighted by Crippen LogP contribution is 2.25. The van der Waals surface area contributed by atoms with E-state index in [1.54, 1.807) is 7.11 Å². The fourth-order valence-corrected chi connectivity index (χ4v) is 3.75. The number of benzene rings is 1. The third kappa shape index (κ3) is 3.79. The van der Waals surface area contributed by atoms with Gasteiger partial charge in [0.1, 0.15) is 5.75 Å². The van der Waals surface area contributed by atoms with E-state index in [9.17, 15) is 5.11 Å². The Kier molecular flexibility index (Phi) is 5.15. The van der Waals surface area contributed by atoms with Crippen LogP contribution in [0, 0.1) is 13.8 Å². The van der Waals surface area contributed by atoms with E-state index in [0.29, 0.717) is 6.54 Å². The highest BCUT2D eigenvalue weighted by molar-refractivity contribution is 5.67. The van der Waals surface area contributed by atoms with E-state index in [1.165, 1.54) is 5.57 Å². The highest BCUT2D eigenvalue weighted by atomic mass is 16.5. The van der Waals surface area contributed by atoms with Crippen molar-refractivity contribution in [2.75, 3.05) is 26.7 Å². The molecule has 1 aliphatic rings. The molecule has 1 aromatic carbocycles. The maximum atomic E-state index is 10.6. The molecular formula is C22H26N4O2. The molecule has 0 spiro atoms. The van der Waals surface area contributed by atoms with Gasteiger partial charge in [-0.05, 0) is 49.6 Å². The van der Waals surface area contributed by atoms with E-state index < -0.39 is 6.10 Å². The van der Waals surface area contributed by atoms with Gasteiger partial charge in [0.05, 0.1) is 18.9 Å². The van der Waals surface area contributed by atoms with Gasteiger partial charge < -0.3 is 9.84 Å². The summed E-state index contributed by atoms with van der Waals surface area (Å²) < 4.78 is 7.16. The molecule has 0 saturated heterocycles. The van der Waals surface area contributed by atoms with Crippen molar-refractivity contribution in [3.63, 3.8) is 0 Å². The first kappa shape index (κ1) is 18.7. The summed E-state index contributed by atoms with van der Waals surface area (Å²) in [4.78, 5) is 6.83. The number of fused-ring (bicyclic) bond motifs is 1. The Morgan fingerprint density at radius 2 is 2.07 bits per heavy atom. The van der Waals surface area contributed by atoms with Gasteiger partial charge in [-0.2, -0.15) is 5.10 Å². The van der Waals surface area contributed by atoms with Crippen LogP contribution in [0.1, 0.15) is 35.2 Å². The molecule has 4 rings (SSSR count). The molecule has 3 aromatic rings. The Morgan fingerprint density at radius 1 is 1.21 bits per heavy atom. The summed E-state index contributed by atoms with van der Waals surface area (Å²) >= 11 is 0. The smallest absolute Gasteiger partial charge is 0.156 e. The van der Waals surface area contributed by atoms with Crippen LogP contribution in [-0.2, 0) is 0 Å². The summed E-state index contributed by atoms with van der Waals surface area (Å²) in [5, 5.41) is 15.3. The molecule has 1 N–H and O–H groups in total. The lowest BCUT2D eigenvalue weighted by atomic mass is 10.0. The van der Waals surface area contributed by atoms with Gasteiger partial charge in [0.2, 0.25) is 0 Å². The van der Waals surface area contributed by atoms with Gasteiger partial charge in [0, 0.05) is 37.1 Å². The second-order valence-corrected chi connectivity index (χ2v) is 7.37. The van der Waals surface area contributed by atoms with Gasteiger partial charge in [0.15, 0.2) is 5.65 Å². The van der Waals surface area contributed by atoms with Crippen LogP contribution in [0.3, 0.4) is 0 Å². The van der Waals surface area contributed by atoms with Crippen molar-refractivity contribution >= 4 is 11.2 Å². The van der Waals surface area contributed by atoms with Crippen LogP contribution in [0.2, 0.25) is 0 Å². The zero-order chi connectivity index (χ0) is 19.7. The molecule has 0 saturated carbocycles. The number of β-amino-alcohol motifs (C(OH)–C–C–N with tert-alkyl or cyclic N) is 1. The lowest BCUT2D eigenvalue weighted by molar-refractivity contribution is 0.119. The largest absolute Gasteiger partial charge is 0.497 e. The normalized spacial score (nSPS) is 16.2. The zero-order valence-corrected chi connectivity index (χ0v) is 16.6. The van der Waals surface area contributed by atoms with Gasteiger partial charge in [-0.3, -0.25) is 4.90 Å². The monoisotopic (exact) mass is 378 g/mol. The number of aromatic nitrogens is 3. The Bertz CT molecular complexity index is 1020. The molecule has 28 heavy (non-hydrogen) atoms. The molecule has 6 heteroatoms. The van der Waals surface area contributed by atoms with Crippen molar-refractivity contribution in [3.8, 4) is 5.75 Å². The minimum atomic E-state index is -0.532. The molecule has 0 bridgehead atoms. The predicted octanol–water partition coefficient (Wildman–Crippen LogP) is 3.18. The van der Waals surface area contributed by atoms with Crippen LogP contribution >= 0.6 is 0 Å². The minimum absolute atomic E-state index is 0.532. The number of methoxy groups -OCH3 is 1. The van der Waals surface area contributed by atoms with Gasteiger partial charge in [-0.25, -0.2) is 9.50 Å². The Morgan fingerprint density at radius 3 is 2.82 bits per heavy atom. The van der Waals surface area contributed by atoms with E-state index >= 15 is 0 Å². The number of aryl methyl sites for hydroxylation is 2. The fraction of sp³-hybridized carbons (Fsp3) is 0.364. The molecule has 6 nitrogen and oxygen atoms in total. The topological polar surface area (TPSA) is 62.9 Å². The van der Waals surface area contributed by atoms with Crippen LogP contribution in [0.15, 0.2) is 42.5 Å². The summed E-state index contributed by atoms with van der Waals surface area (Å²) in [6, 6.07) is 11.7. The van der Waals surface area contributed by atoms with Crippen molar-refractivity contribution in [3.05, 3.63) is 65.1 Å². The first-order valence-electron chi connectivity index (χ1n) is 9.61. The third-order valence-corrected chi connectivity index (χ3v) is 5.27. The Hall–Kier alpha value is -2.70. The van der Waals surface area contributed by atoms with E-state index in [2.05, 4.69) is 29.0 Å². The predicted molar refractivity (Wildman–Crippen MR) is 109 cm³/mol. The van der Waals surface area contributed by atoms with Gasteiger partial charge in [0.25, 0.3) is 0 Å². The van der Waals surface area contributed by atoms with Crippen LogP contribution in [0.25, 0.3) is 11.2 Å². The molecule has 0 fully saturated rings. The van der Waals surface area contributed by atoms with Crippen LogP contribution in [0.5, 0.6) is 5.75 Å². The van der Waals surface area contributed by atoms with E-state index in [-0.39, 0.29) is 0 Å². The Balaban J connectivity index is 1.45. The SMILES string of the molecule is COc1cccc([C@@H](O)CN2CC=C(c3cc4nc(C)cc(C)n4n3)CC2)c1. The van der Waals surface area contributed by atoms with Gasteiger partial charge in [-0.1, -0.05) is 18.2 Å². The molecule has 0 radical (unpaired) electrons. The lowest BCUT2D eigenvalue weighted by Crippen LogP contribution is -2.32. The minimum Gasteiger partial charge on any atom is -0.497 e. The summed E-state index contributed by atoms with van der Waals surface area (Å²) in [6.45, 7) is 6.35. The number of ether oxygens (including phenoxy) is 1. The molecule has 1 aliphatic heterocycles.